The van der Waals surface area contributed by atoms with E-state index in [-0.39, 0.29) is 30.6 Å². The summed E-state index contributed by atoms with van der Waals surface area (Å²) >= 11 is 2.97. The maximum atomic E-state index is 12.5. The third-order valence-electron chi connectivity index (χ3n) is 7.91. The average molecular weight is 769 g/mol. The molecule has 0 saturated heterocycles. The largest absolute Gasteiger partial charge is 0.367 e. The van der Waals surface area contributed by atoms with Crippen LogP contribution >= 0.6 is 22.7 Å². The van der Waals surface area contributed by atoms with Gasteiger partial charge in [-0.05, 0) is 83.8 Å². The molecule has 0 spiro atoms. The third-order valence-corrected chi connectivity index (χ3v) is 9.52. The van der Waals surface area contributed by atoms with Crippen molar-refractivity contribution in [2.75, 3.05) is 17.2 Å². The number of carbonyl (C=O) groups is 2. The minimum Gasteiger partial charge on any atom is -0.367 e. The summed E-state index contributed by atoms with van der Waals surface area (Å²) in [6.45, 7) is 1.94. The first-order valence-electron chi connectivity index (χ1n) is 17.0. The van der Waals surface area contributed by atoms with E-state index in [1.54, 1.807) is 18.5 Å². The molecule has 0 aliphatic carbocycles. The first-order valence-corrected chi connectivity index (χ1v) is 18.7. The van der Waals surface area contributed by atoms with Crippen molar-refractivity contribution in [2.45, 2.75) is 26.4 Å². The number of H-pyrrole nitrogens is 1. The molecule has 8 rings (SSSR count). The monoisotopic (exact) mass is 768 g/mol. The molecule has 0 aliphatic heterocycles. The number of hydrogen-bond acceptors (Lipinski definition) is 13. The molecular formula is C39H32N10O4S2. The molecule has 8 aromatic heterocycles. The van der Waals surface area contributed by atoms with Crippen LogP contribution in [0.1, 0.15) is 23.2 Å². The van der Waals surface area contributed by atoms with E-state index in [2.05, 4.69) is 50.5 Å². The molecule has 0 saturated carbocycles. The molecule has 0 atom stereocenters. The summed E-state index contributed by atoms with van der Waals surface area (Å²) in [5.74, 6) is 1.45. The zero-order valence-electron chi connectivity index (χ0n) is 29.3. The molecule has 0 fully saturated rings. The van der Waals surface area contributed by atoms with E-state index in [0.717, 1.165) is 31.7 Å². The van der Waals surface area contributed by atoms with Gasteiger partial charge in [-0.15, -0.1) is 22.7 Å². The number of thiophene rings is 2. The number of hydrogen-bond donors (Lipinski definition) is 3. The maximum Gasteiger partial charge on any atom is 0.251 e. The van der Waals surface area contributed by atoms with E-state index >= 15 is 0 Å². The van der Waals surface area contributed by atoms with Crippen LogP contribution in [0, 0.1) is 6.92 Å². The highest BCUT2D eigenvalue weighted by molar-refractivity contribution is 7.17. The number of carbonyl (C=O) groups excluding carboxylic acids is 2. The van der Waals surface area contributed by atoms with Gasteiger partial charge in [0, 0.05) is 43.0 Å². The highest BCUT2D eigenvalue weighted by atomic mass is 32.1. The van der Waals surface area contributed by atoms with Gasteiger partial charge >= 0.3 is 0 Å². The Labute approximate surface area is 321 Å². The summed E-state index contributed by atoms with van der Waals surface area (Å²) in [6.07, 6.45) is 7.70. The number of nitrogens with one attached hydrogen (secondary N) is 3. The number of pyridine rings is 4. The van der Waals surface area contributed by atoms with Gasteiger partial charge < -0.3 is 20.4 Å². The molecule has 55 heavy (non-hydrogen) atoms. The van der Waals surface area contributed by atoms with Gasteiger partial charge in [0.2, 0.25) is 11.5 Å². The Morgan fingerprint density at radius 1 is 0.727 bits per heavy atom. The van der Waals surface area contributed by atoms with Gasteiger partial charge in [0.05, 0.1) is 17.4 Å². The van der Waals surface area contributed by atoms with Crippen molar-refractivity contribution in [1.82, 2.24) is 39.9 Å². The lowest BCUT2D eigenvalue weighted by molar-refractivity contribution is -0.121. The van der Waals surface area contributed by atoms with Crippen LogP contribution in [-0.4, -0.2) is 58.3 Å². The number of aromatic amines is 1. The zero-order chi connectivity index (χ0) is 38.0. The Morgan fingerprint density at radius 3 is 1.93 bits per heavy atom. The SMILES string of the molecule is Cc1ccc(CCC(=O)Nc2nc(-c3ccccn3)nc3sccc23)cn1.O=C(COCc1cc[nH]c(=O)c1)Nc1nc(-c2ccccn2)nc2sccc12. The number of rotatable bonds is 11. The number of amides is 2. The van der Waals surface area contributed by atoms with E-state index in [0.29, 0.717) is 53.1 Å². The van der Waals surface area contributed by atoms with Gasteiger partial charge in [0.25, 0.3) is 5.91 Å². The quantitative estimate of drug-likeness (QED) is 0.128. The summed E-state index contributed by atoms with van der Waals surface area (Å²) in [7, 11) is 0. The molecule has 0 aliphatic rings. The lowest BCUT2D eigenvalue weighted by Gasteiger charge is -2.08. The van der Waals surface area contributed by atoms with Crippen LogP contribution in [-0.2, 0) is 27.4 Å². The van der Waals surface area contributed by atoms with Gasteiger partial charge in [-0.3, -0.25) is 29.3 Å². The molecule has 274 valence electrons. The van der Waals surface area contributed by atoms with Crippen molar-refractivity contribution < 1.29 is 14.3 Å². The number of anilines is 2. The van der Waals surface area contributed by atoms with Crippen LogP contribution < -0.4 is 16.2 Å². The van der Waals surface area contributed by atoms with Crippen LogP contribution in [0.25, 0.3) is 43.5 Å². The maximum absolute atomic E-state index is 12.5. The Morgan fingerprint density at radius 2 is 1.36 bits per heavy atom. The Bertz CT molecular complexity index is 2610. The second-order valence-electron chi connectivity index (χ2n) is 12.0. The van der Waals surface area contributed by atoms with Gasteiger partial charge in [-0.1, -0.05) is 18.2 Å². The van der Waals surface area contributed by atoms with E-state index < -0.39 is 0 Å². The molecule has 0 bridgehead atoms. The van der Waals surface area contributed by atoms with Gasteiger partial charge in [0.15, 0.2) is 11.6 Å². The third kappa shape index (κ3) is 9.68. The lowest BCUT2D eigenvalue weighted by Crippen LogP contribution is -2.19. The smallest absolute Gasteiger partial charge is 0.251 e. The first-order chi connectivity index (χ1) is 26.9. The summed E-state index contributed by atoms with van der Waals surface area (Å²) in [5, 5.41) is 11.1. The van der Waals surface area contributed by atoms with Crippen LogP contribution in [0.15, 0.2) is 113 Å². The number of fused-ring (bicyclic) bond motifs is 2. The molecule has 8 heterocycles. The van der Waals surface area contributed by atoms with Gasteiger partial charge in [0.1, 0.15) is 39.3 Å². The summed E-state index contributed by atoms with van der Waals surface area (Å²) in [5.41, 5.74) is 3.77. The predicted octanol–water partition coefficient (Wildman–Crippen LogP) is 6.62. The van der Waals surface area contributed by atoms with Gasteiger partial charge in [-0.25, -0.2) is 19.9 Å². The standard InChI is InChI=1S/C20H17N5OS.C19H15N5O3S/c1-13-5-6-14(12-22-13)7-8-17(26)23-18-15-9-11-27-20(15)25-19(24-18)16-4-2-3-10-21-16;25-15-9-12(4-7-21-15)10-27-11-16(26)22-17-13-5-8-28-19(13)24-18(23-17)14-3-1-2-6-20-14/h2-6,9-12H,7-8H2,1H3,(H,23,24,25,26);1-9H,10-11H2,(H,21,25)(H,22,23,24,26). The fourth-order valence-corrected chi connectivity index (χ4v) is 6.76. The summed E-state index contributed by atoms with van der Waals surface area (Å²) in [6, 6.07) is 21.9. The van der Waals surface area contributed by atoms with Crippen molar-refractivity contribution in [3.05, 3.63) is 136 Å². The van der Waals surface area contributed by atoms with Crippen molar-refractivity contribution in [3.63, 3.8) is 0 Å². The molecule has 0 aromatic carbocycles. The zero-order valence-corrected chi connectivity index (χ0v) is 30.9. The number of nitrogens with zero attached hydrogens (tertiary/aromatic N) is 7. The van der Waals surface area contributed by atoms with Crippen LogP contribution in [0.2, 0.25) is 0 Å². The van der Waals surface area contributed by atoms with E-state index in [1.807, 2.05) is 84.5 Å². The molecule has 16 heteroatoms. The fourth-order valence-electron chi connectivity index (χ4n) is 5.23. The van der Waals surface area contributed by atoms with Crippen molar-refractivity contribution in [3.8, 4) is 23.0 Å². The lowest BCUT2D eigenvalue weighted by atomic mass is 10.1. The molecule has 0 radical (unpaired) electrons. The molecule has 2 amide bonds. The molecule has 0 unspecified atom stereocenters. The van der Waals surface area contributed by atoms with Crippen LogP contribution in [0.4, 0.5) is 11.6 Å². The summed E-state index contributed by atoms with van der Waals surface area (Å²) in [4.78, 5) is 71.1. The molecule has 14 nitrogen and oxygen atoms in total. The van der Waals surface area contributed by atoms with E-state index in [4.69, 9.17) is 4.74 Å². The number of aromatic nitrogens is 8. The van der Waals surface area contributed by atoms with E-state index in [1.165, 1.54) is 34.9 Å². The topological polar surface area (TPSA) is 191 Å². The Balaban J connectivity index is 0.000000169. The Kier molecular flexibility index (Phi) is 11.7. The molecule has 3 N–H and O–H groups in total. The Hall–Kier alpha value is -6.62. The number of ether oxygens (including phenoxy) is 1. The highest BCUT2D eigenvalue weighted by Gasteiger charge is 2.15. The molecular weight excluding hydrogens is 737 g/mol. The number of aryl methyl sites for hydroxylation is 2. The average Bonchev–Trinajstić information content (AvgIpc) is 3.89. The minimum absolute atomic E-state index is 0.0891. The fraction of sp³-hybridized carbons (Fsp3) is 0.128. The second-order valence-corrected chi connectivity index (χ2v) is 13.7. The predicted molar refractivity (Wildman–Crippen MR) is 213 cm³/mol. The van der Waals surface area contributed by atoms with Crippen molar-refractivity contribution in [1.29, 1.82) is 0 Å². The van der Waals surface area contributed by atoms with Crippen molar-refractivity contribution in [2.24, 2.45) is 0 Å². The summed E-state index contributed by atoms with van der Waals surface area (Å²) < 4.78 is 5.40. The van der Waals surface area contributed by atoms with Gasteiger partial charge in [-0.2, -0.15) is 0 Å². The first kappa shape index (κ1) is 36.7. The van der Waals surface area contributed by atoms with Crippen LogP contribution in [0.5, 0.6) is 0 Å². The normalized spacial score (nSPS) is 10.9. The van der Waals surface area contributed by atoms with Crippen LogP contribution in [0.3, 0.4) is 0 Å². The van der Waals surface area contributed by atoms with Crippen molar-refractivity contribution >= 4 is 66.6 Å². The second kappa shape index (κ2) is 17.5. The molecule has 8 aromatic rings. The van der Waals surface area contributed by atoms with E-state index in [9.17, 15) is 14.4 Å². The highest BCUT2D eigenvalue weighted by Crippen LogP contribution is 2.29. The minimum atomic E-state index is -0.344.